The van der Waals surface area contributed by atoms with Crippen molar-refractivity contribution in [3.8, 4) is 0 Å². The zero-order chi connectivity index (χ0) is 18.8. The summed E-state index contributed by atoms with van der Waals surface area (Å²) in [6, 6.07) is 12.3. The molecule has 5 heteroatoms. The number of benzene rings is 1. The Kier molecular flexibility index (Phi) is 4.67. The lowest BCUT2D eigenvalue weighted by Gasteiger charge is -2.07. The summed E-state index contributed by atoms with van der Waals surface area (Å²) in [5, 5.41) is 4.29. The molecule has 0 saturated heterocycles. The maximum absolute atomic E-state index is 12.9. The van der Waals surface area contributed by atoms with E-state index in [1.165, 1.54) is 10.9 Å². The van der Waals surface area contributed by atoms with Crippen LogP contribution in [0.5, 0.6) is 0 Å². The van der Waals surface area contributed by atoms with Crippen molar-refractivity contribution < 1.29 is 4.79 Å². The third kappa shape index (κ3) is 3.33. The van der Waals surface area contributed by atoms with Crippen LogP contribution in [0.4, 0.5) is 0 Å². The highest BCUT2D eigenvalue weighted by molar-refractivity contribution is 5.94. The SMILES string of the molecule is CCCc1nc2cc(C)ccn2c1C(=O)NCCc1c[nH]c2ccccc12. The molecule has 0 radical (unpaired) electrons. The van der Waals surface area contributed by atoms with Crippen LogP contribution in [0, 0.1) is 6.92 Å². The first kappa shape index (κ1) is 17.3. The van der Waals surface area contributed by atoms with Gasteiger partial charge in [-0.15, -0.1) is 0 Å². The topological polar surface area (TPSA) is 62.2 Å². The Morgan fingerprint density at radius 1 is 1.22 bits per heavy atom. The summed E-state index contributed by atoms with van der Waals surface area (Å²) in [6.07, 6.45) is 6.50. The number of rotatable bonds is 6. The van der Waals surface area contributed by atoms with Crippen LogP contribution >= 0.6 is 0 Å². The Bertz CT molecular complexity index is 1110. The first-order valence-corrected chi connectivity index (χ1v) is 9.48. The zero-order valence-electron chi connectivity index (χ0n) is 15.7. The van der Waals surface area contributed by atoms with Crippen LogP contribution in [0.25, 0.3) is 16.6 Å². The lowest BCUT2D eigenvalue weighted by Crippen LogP contribution is -2.27. The number of amides is 1. The number of H-pyrrole nitrogens is 1. The van der Waals surface area contributed by atoms with Gasteiger partial charge >= 0.3 is 0 Å². The number of para-hydroxylation sites is 1. The summed E-state index contributed by atoms with van der Waals surface area (Å²) in [7, 11) is 0. The summed E-state index contributed by atoms with van der Waals surface area (Å²) in [5.74, 6) is -0.0605. The zero-order valence-corrected chi connectivity index (χ0v) is 15.7. The fourth-order valence-electron chi connectivity index (χ4n) is 3.58. The van der Waals surface area contributed by atoms with Gasteiger partial charge in [0.2, 0.25) is 0 Å². The summed E-state index contributed by atoms with van der Waals surface area (Å²) in [4.78, 5) is 20.9. The van der Waals surface area contributed by atoms with Gasteiger partial charge in [-0.25, -0.2) is 4.98 Å². The summed E-state index contributed by atoms with van der Waals surface area (Å²) in [6.45, 7) is 4.73. The molecule has 2 N–H and O–H groups in total. The first-order chi connectivity index (χ1) is 13.2. The minimum absolute atomic E-state index is 0.0605. The van der Waals surface area contributed by atoms with Gasteiger partial charge < -0.3 is 10.3 Å². The van der Waals surface area contributed by atoms with Gasteiger partial charge in [-0.05, 0) is 49.1 Å². The average molecular weight is 360 g/mol. The van der Waals surface area contributed by atoms with Crippen molar-refractivity contribution in [3.63, 3.8) is 0 Å². The number of nitrogens with one attached hydrogen (secondary N) is 2. The average Bonchev–Trinajstić information content (AvgIpc) is 3.23. The highest BCUT2D eigenvalue weighted by Crippen LogP contribution is 2.18. The molecular weight excluding hydrogens is 336 g/mol. The molecule has 1 aromatic carbocycles. The van der Waals surface area contributed by atoms with E-state index in [-0.39, 0.29) is 5.91 Å². The summed E-state index contributed by atoms with van der Waals surface area (Å²) >= 11 is 0. The van der Waals surface area contributed by atoms with Crippen LogP contribution in [0.15, 0.2) is 48.8 Å². The van der Waals surface area contributed by atoms with Crippen molar-refractivity contribution in [3.05, 3.63) is 71.3 Å². The number of nitrogens with zero attached hydrogens (tertiary/aromatic N) is 2. The molecule has 5 nitrogen and oxygen atoms in total. The monoisotopic (exact) mass is 360 g/mol. The summed E-state index contributed by atoms with van der Waals surface area (Å²) in [5.41, 5.74) is 5.84. The molecule has 0 aliphatic heterocycles. The number of hydrogen-bond donors (Lipinski definition) is 2. The molecule has 0 aliphatic rings. The molecule has 0 bridgehead atoms. The minimum Gasteiger partial charge on any atom is -0.361 e. The molecule has 0 fully saturated rings. The Hall–Kier alpha value is -3.08. The number of hydrogen-bond acceptors (Lipinski definition) is 2. The van der Waals surface area contributed by atoms with Gasteiger partial charge in [-0.1, -0.05) is 31.5 Å². The maximum Gasteiger partial charge on any atom is 0.270 e. The maximum atomic E-state index is 12.9. The second-order valence-electron chi connectivity index (χ2n) is 6.95. The van der Waals surface area contributed by atoms with Gasteiger partial charge in [0.05, 0.1) is 5.69 Å². The molecule has 3 heterocycles. The Labute approximate surface area is 158 Å². The molecule has 1 amide bonds. The van der Waals surface area contributed by atoms with Crippen LogP contribution in [0.3, 0.4) is 0 Å². The van der Waals surface area contributed by atoms with E-state index >= 15 is 0 Å². The first-order valence-electron chi connectivity index (χ1n) is 9.48. The number of aryl methyl sites for hydroxylation is 2. The third-order valence-corrected chi connectivity index (χ3v) is 4.91. The third-order valence-electron chi connectivity index (χ3n) is 4.91. The summed E-state index contributed by atoms with van der Waals surface area (Å²) < 4.78 is 1.90. The number of carbonyl (C=O) groups is 1. The molecule has 0 aliphatic carbocycles. The van der Waals surface area contributed by atoms with Crippen LogP contribution in [-0.2, 0) is 12.8 Å². The normalized spacial score (nSPS) is 11.3. The fraction of sp³-hybridized carbons (Fsp3) is 0.273. The van der Waals surface area contributed by atoms with E-state index in [9.17, 15) is 4.79 Å². The van der Waals surface area contributed by atoms with Crippen molar-refractivity contribution in [1.29, 1.82) is 0 Å². The Morgan fingerprint density at radius 2 is 2.07 bits per heavy atom. The predicted molar refractivity (Wildman–Crippen MR) is 108 cm³/mol. The van der Waals surface area contributed by atoms with Crippen LogP contribution in [-0.4, -0.2) is 26.8 Å². The van der Waals surface area contributed by atoms with Gasteiger partial charge in [0.15, 0.2) is 0 Å². The van der Waals surface area contributed by atoms with Crippen molar-refractivity contribution in [1.82, 2.24) is 19.7 Å². The van der Waals surface area contributed by atoms with E-state index in [1.807, 2.05) is 48.0 Å². The number of aromatic nitrogens is 3. The number of carbonyl (C=O) groups excluding carboxylic acids is 1. The second-order valence-corrected chi connectivity index (χ2v) is 6.95. The Morgan fingerprint density at radius 3 is 2.93 bits per heavy atom. The van der Waals surface area contributed by atoms with Crippen molar-refractivity contribution in [2.24, 2.45) is 0 Å². The molecule has 3 aromatic heterocycles. The molecular formula is C22H24N4O. The number of aromatic amines is 1. The molecule has 0 unspecified atom stereocenters. The van der Waals surface area contributed by atoms with Crippen LogP contribution in [0.1, 0.15) is 40.7 Å². The highest BCUT2D eigenvalue weighted by atomic mass is 16.1. The number of fused-ring (bicyclic) bond motifs is 2. The van der Waals surface area contributed by atoms with E-state index in [2.05, 4.69) is 34.3 Å². The molecule has 0 spiro atoms. The lowest BCUT2D eigenvalue weighted by molar-refractivity contribution is 0.0947. The van der Waals surface area contributed by atoms with Crippen LogP contribution < -0.4 is 5.32 Å². The quantitative estimate of drug-likeness (QED) is 0.545. The number of imidazole rings is 1. The van der Waals surface area contributed by atoms with E-state index in [1.54, 1.807) is 0 Å². The van der Waals surface area contributed by atoms with Crippen LogP contribution in [0.2, 0.25) is 0 Å². The minimum atomic E-state index is -0.0605. The van der Waals surface area contributed by atoms with Gasteiger partial charge in [0, 0.05) is 29.8 Å². The highest BCUT2D eigenvalue weighted by Gasteiger charge is 2.18. The smallest absolute Gasteiger partial charge is 0.270 e. The standard InChI is InChI=1S/C22H24N4O/c1-3-6-19-21(26-12-10-15(2)13-20(26)25-19)22(27)23-11-9-16-14-24-18-8-5-4-7-17(16)18/h4-5,7-8,10,12-14,24H,3,6,9,11H2,1-2H3,(H,23,27). The largest absolute Gasteiger partial charge is 0.361 e. The van der Waals surface area contributed by atoms with E-state index in [0.29, 0.717) is 12.2 Å². The fourth-order valence-corrected chi connectivity index (χ4v) is 3.58. The van der Waals surface area contributed by atoms with E-state index in [0.717, 1.165) is 41.7 Å². The molecule has 4 rings (SSSR count). The molecule has 138 valence electrons. The second kappa shape index (κ2) is 7.27. The van der Waals surface area contributed by atoms with E-state index < -0.39 is 0 Å². The molecule has 4 aromatic rings. The lowest BCUT2D eigenvalue weighted by atomic mass is 10.1. The van der Waals surface area contributed by atoms with Gasteiger partial charge in [0.1, 0.15) is 11.3 Å². The van der Waals surface area contributed by atoms with Gasteiger partial charge in [0.25, 0.3) is 5.91 Å². The van der Waals surface area contributed by atoms with Crippen molar-refractivity contribution in [2.75, 3.05) is 6.54 Å². The van der Waals surface area contributed by atoms with Crippen molar-refractivity contribution >= 4 is 22.5 Å². The predicted octanol–water partition coefficient (Wildman–Crippen LogP) is 4.05. The van der Waals surface area contributed by atoms with Gasteiger partial charge in [-0.3, -0.25) is 9.20 Å². The van der Waals surface area contributed by atoms with E-state index in [4.69, 9.17) is 0 Å². The Balaban J connectivity index is 1.53. The number of pyridine rings is 1. The molecule has 0 saturated carbocycles. The molecule has 27 heavy (non-hydrogen) atoms. The van der Waals surface area contributed by atoms with Crippen molar-refractivity contribution in [2.45, 2.75) is 33.1 Å². The van der Waals surface area contributed by atoms with Gasteiger partial charge in [-0.2, -0.15) is 0 Å². The molecule has 0 atom stereocenters.